The second-order valence-electron chi connectivity index (χ2n) is 11.7. The molecule has 2 heterocycles. The lowest BCUT2D eigenvalue weighted by Crippen LogP contribution is -2.44. The quantitative estimate of drug-likeness (QED) is 0.216. The van der Waals surface area contributed by atoms with E-state index in [0.717, 1.165) is 49.9 Å². The first-order valence-corrected chi connectivity index (χ1v) is 14.8. The van der Waals surface area contributed by atoms with E-state index in [2.05, 4.69) is 115 Å². The number of benzene rings is 6. The predicted octanol–water partition coefficient (Wildman–Crippen LogP) is 9.39. The number of para-hydroxylation sites is 3. The fraction of sp³-hybridized carbons (Fsp3) is 0.0500. The molecule has 3 aliphatic carbocycles. The second kappa shape index (κ2) is 8.27. The smallest absolute Gasteiger partial charge is 0.136 e. The standard InChI is InChI=1S/C40H24N2O/c1-5-15-30-27(12-1)37-28-13-2-6-16-31(28)40(30,32-17-7-3-14-29(32)37)39-38(41-33-18-8-9-19-34(33)42-39)24-21-22-26-25-11-4-10-20-35(25)43-36(26)23-24/h1-23,37H. The molecule has 3 nitrogen and oxygen atoms in total. The average molecular weight is 549 g/mol. The van der Waals surface area contributed by atoms with E-state index in [1.807, 2.05) is 24.3 Å². The van der Waals surface area contributed by atoms with Crippen molar-refractivity contribution in [3.05, 3.63) is 179 Å². The summed E-state index contributed by atoms with van der Waals surface area (Å²) in [6, 6.07) is 49.7. The third-order valence-corrected chi connectivity index (χ3v) is 9.61. The minimum absolute atomic E-state index is 0.189. The molecule has 2 bridgehead atoms. The van der Waals surface area contributed by atoms with Gasteiger partial charge in [-0.2, -0.15) is 0 Å². The van der Waals surface area contributed by atoms with E-state index in [1.165, 1.54) is 33.4 Å². The van der Waals surface area contributed by atoms with Crippen molar-refractivity contribution >= 4 is 33.0 Å². The lowest BCUT2D eigenvalue weighted by molar-refractivity contribution is 0.614. The molecule has 0 saturated heterocycles. The lowest BCUT2D eigenvalue weighted by Gasteiger charge is -2.50. The second-order valence-corrected chi connectivity index (χ2v) is 11.7. The van der Waals surface area contributed by atoms with Gasteiger partial charge in [-0.25, -0.2) is 9.97 Å². The van der Waals surface area contributed by atoms with Gasteiger partial charge in [0.05, 0.1) is 27.8 Å². The average Bonchev–Trinajstić information content (AvgIpc) is 3.45. The third kappa shape index (κ3) is 2.89. The van der Waals surface area contributed by atoms with Crippen molar-refractivity contribution in [1.29, 1.82) is 0 Å². The van der Waals surface area contributed by atoms with E-state index < -0.39 is 5.41 Å². The van der Waals surface area contributed by atoms with Crippen LogP contribution >= 0.6 is 0 Å². The highest BCUT2D eigenvalue weighted by molar-refractivity contribution is 6.06. The summed E-state index contributed by atoms with van der Waals surface area (Å²) in [4.78, 5) is 11.0. The van der Waals surface area contributed by atoms with Gasteiger partial charge in [0.2, 0.25) is 0 Å². The molecule has 0 N–H and O–H groups in total. The molecule has 3 heteroatoms. The van der Waals surface area contributed by atoms with Crippen LogP contribution in [0, 0.1) is 0 Å². The summed E-state index contributed by atoms with van der Waals surface area (Å²) in [6.07, 6.45) is 0. The first kappa shape index (κ1) is 23.1. The fourth-order valence-corrected chi connectivity index (χ4v) is 7.93. The molecule has 43 heavy (non-hydrogen) atoms. The molecular formula is C40H24N2O. The third-order valence-electron chi connectivity index (χ3n) is 9.61. The lowest BCUT2D eigenvalue weighted by atomic mass is 9.51. The van der Waals surface area contributed by atoms with Gasteiger partial charge in [-0.15, -0.1) is 0 Å². The van der Waals surface area contributed by atoms with Gasteiger partial charge in [-0.1, -0.05) is 109 Å². The molecular weight excluding hydrogens is 524 g/mol. The van der Waals surface area contributed by atoms with Crippen molar-refractivity contribution in [2.45, 2.75) is 11.3 Å². The summed E-state index contributed by atoms with van der Waals surface area (Å²) >= 11 is 0. The predicted molar refractivity (Wildman–Crippen MR) is 172 cm³/mol. The van der Waals surface area contributed by atoms with Crippen molar-refractivity contribution in [3.63, 3.8) is 0 Å². The molecule has 0 saturated carbocycles. The molecule has 0 aliphatic heterocycles. The summed E-state index contributed by atoms with van der Waals surface area (Å²) in [5, 5.41) is 2.22. The Balaban J connectivity index is 1.38. The van der Waals surface area contributed by atoms with E-state index in [0.29, 0.717) is 0 Å². The van der Waals surface area contributed by atoms with Gasteiger partial charge in [0, 0.05) is 22.3 Å². The minimum atomic E-state index is -0.631. The van der Waals surface area contributed by atoms with Crippen LogP contribution in [-0.4, -0.2) is 9.97 Å². The molecule has 0 unspecified atom stereocenters. The molecule has 0 amide bonds. The van der Waals surface area contributed by atoms with E-state index in [1.54, 1.807) is 0 Å². The van der Waals surface area contributed by atoms with Gasteiger partial charge in [0.15, 0.2) is 0 Å². The van der Waals surface area contributed by atoms with E-state index in [9.17, 15) is 0 Å². The molecule has 200 valence electrons. The van der Waals surface area contributed by atoms with Crippen molar-refractivity contribution in [2.24, 2.45) is 0 Å². The number of rotatable bonds is 2. The van der Waals surface area contributed by atoms with Gasteiger partial charge in [-0.05, 0) is 63.7 Å². The number of hydrogen-bond acceptors (Lipinski definition) is 3. The Labute approximate surface area is 248 Å². The normalized spacial score (nSPS) is 18.1. The highest BCUT2D eigenvalue weighted by atomic mass is 16.3. The molecule has 6 aromatic carbocycles. The zero-order chi connectivity index (χ0) is 28.1. The van der Waals surface area contributed by atoms with Crippen molar-refractivity contribution in [3.8, 4) is 11.3 Å². The maximum atomic E-state index is 6.37. The first-order valence-electron chi connectivity index (χ1n) is 14.8. The van der Waals surface area contributed by atoms with Crippen LogP contribution in [0.2, 0.25) is 0 Å². The monoisotopic (exact) mass is 548 g/mol. The number of nitrogens with zero attached hydrogens (tertiary/aromatic N) is 2. The number of furan rings is 1. The Morgan fingerprint density at radius 1 is 0.488 bits per heavy atom. The van der Waals surface area contributed by atoms with Crippen molar-refractivity contribution in [2.75, 3.05) is 0 Å². The molecule has 0 fully saturated rings. The van der Waals surface area contributed by atoms with Crippen LogP contribution in [-0.2, 0) is 5.41 Å². The minimum Gasteiger partial charge on any atom is -0.456 e. The molecule has 0 atom stereocenters. The Bertz CT molecular complexity index is 2320. The van der Waals surface area contributed by atoms with Crippen LogP contribution < -0.4 is 0 Å². The van der Waals surface area contributed by atoms with E-state index in [4.69, 9.17) is 14.4 Å². The number of aromatic nitrogens is 2. The van der Waals surface area contributed by atoms with Crippen LogP contribution in [0.3, 0.4) is 0 Å². The largest absolute Gasteiger partial charge is 0.456 e. The van der Waals surface area contributed by atoms with Crippen molar-refractivity contribution < 1.29 is 4.42 Å². The van der Waals surface area contributed by atoms with Crippen LogP contribution in [0.15, 0.2) is 144 Å². The van der Waals surface area contributed by atoms with Crippen LogP contribution in [0.5, 0.6) is 0 Å². The molecule has 8 aromatic rings. The SMILES string of the molecule is c1ccc2c(c1)C1c3ccccc3C2(c2nc3ccccc3nc2-c2ccc3c(c2)oc2ccccc23)c2ccccc21. The molecule has 2 aromatic heterocycles. The topological polar surface area (TPSA) is 38.9 Å². The number of fused-ring (bicyclic) bond motifs is 4. The molecule has 0 radical (unpaired) electrons. The molecule has 0 spiro atoms. The molecule has 11 rings (SSSR count). The van der Waals surface area contributed by atoms with Gasteiger partial charge in [-0.3, -0.25) is 0 Å². The Morgan fingerprint density at radius 3 is 1.70 bits per heavy atom. The zero-order valence-corrected chi connectivity index (χ0v) is 23.2. The highest BCUT2D eigenvalue weighted by Gasteiger charge is 2.54. The Morgan fingerprint density at radius 2 is 1.02 bits per heavy atom. The fourth-order valence-electron chi connectivity index (χ4n) is 7.93. The van der Waals surface area contributed by atoms with Crippen molar-refractivity contribution in [1.82, 2.24) is 9.97 Å². The summed E-state index contributed by atoms with van der Waals surface area (Å²) in [6.45, 7) is 0. The summed E-state index contributed by atoms with van der Waals surface area (Å²) in [5.41, 5.74) is 13.6. The Kier molecular flexibility index (Phi) is 4.44. The highest BCUT2D eigenvalue weighted by Crippen LogP contribution is 2.62. The Hall–Kier alpha value is -5.54. The van der Waals surface area contributed by atoms with Crippen LogP contribution in [0.4, 0.5) is 0 Å². The van der Waals surface area contributed by atoms with E-state index in [-0.39, 0.29) is 5.92 Å². The zero-order valence-electron chi connectivity index (χ0n) is 23.2. The van der Waals surface area contributed by atoms with E-state index >= 15 is 0 Å². The van der Waals surface area contributed by atoms with Crippen LogP contribution in [0.1, 0.15) is 45.0 Å². The molecule has 3 aliphatic rings. The first-order chi connectivity index (χ1) is 21.3. The van der Waals surface area contributed by atoms with Crippen LogP contribution in [0.25, 0.3) is 44.2 Å². The van der Waals surface area contributed by atoms with Gasteiger partial charge in [0.25, 0.3) is 0 Å². The summed E-state index contributed by atoms with van der Waals surface area (Å²) in [5.74, 6) is 0.189. The summed E-state index contributed by atoms with van der Waals surface area (Å²) < 4.78 is 6.37. The maximum Gasteiger partial charge on any atom is 0.136 e. The summed E-state index contributed by atoms with van der Waals surface area (Å²) in [7, 11) is 0. The van der Waals surface area contributed by atoms with Gasteiger partial charge >= 0.3 is 0 Å². The van der Waals surface area contributed by atoms with Gasteiger partial charge in [0.1, 0.15) is 11.2 Å². The van der Waals surface area contributed by atoms with Gasteiger partial charge < -0.3 is 4.42 Å². The number of hydrogen-bond donors (Lipinski definition) is 0. The maximum absolute atomic E-state index is 6.37.